The SMILES string of the molecule is CCOC(=O)c1cc(C#N)c(N2CCC(NC(=O)C(C)N)C2)s1. The third-order valence-corrected chi connectivity index (χ3v) is 4.72. The Balaban J connectivity index is 2.09. The summed E-state index contributed by atoms with van der Waals surface area (Å²) in [6.07, 6.45) is 0.774. The van der Waals surface area contributed by atoms with Gasteiger partial charge in [-0.2, -0.15) is 5.26 Å². The van der Waals surface area contributed by atoms with Gasteiger partial charge in [0.05, 0.1) is 18.2 Å². The van der Waals surface area contributed by atoms with Gasteiger partial charge in [-0.1, -0.05) is 0 Å². The standard InChI is InChI=1S/C15H20N4O3S/c1-3-22-15(21)12-6-10(7-16)14(23-12)19-5-4-11(8-19)18-13(20)9(2)17/h6,9,11H,3-5,8,17H2,1-2H3,(H,18,20). The van der Waals surface area contributed by atoms with E-state index in [-0.39, 0.29) is 11.9 Å². The molecule has 2 unspecified atom stereocenters. The van der Waals surface area contributed by atoms with Crippen LogP contribution in [0.15, 0.2) is 6.07 Å². The van der Waals surface area contributed by atoms with Gasteiger partial charge in [-0.05, 0) is 26.3 Å². The Labute approximate surface area is 139 Å². The fourth-order valence-corrected chi connectivity index (χ4v) is 3.43. The molecule has 2 heterocycles. The minimum atomic E-state index is -0.545. The molecule has 1 aromatic heterocycles. The van der Waals surface area contributed by atoms with Crippen LogP contribution in [0.25, 0.3) is 0 Å². The smallest absolute Gasteiger partial charge is 0.348 e. The first kappa shape index (κ1) is 17.2. The summed E-state index contributed by atoms with van der Waals surface area (Å²) in [5, 5.41) is 12.9. The van der Waals surface area contributed by atoms with E-state index in [1.165, 1.54) is 11.3 Å². The van der Waals surface area contributed by atoms with Crippen molar-refractivity contribution in [2.45, 2.75) is 32.4 Å². The lowest BCUT2D eigenvalue weighted by Crippen LogP contribution is -2.44. The van der Waals surface area contributed by atoms with Crippen LogP contribution in [0.2, 0.25) is 0 Å². The lowest BCUT2D eigenvalue weighted by Gasteiger charge is -2.18. The van der Waals surface area contributed by atoms with Crippen LogP contribution in [0.1, 0.15) is 35.5 Å². The van der Waals surface area contributed by atoms with Crippen molar-refractivity contribution in [3.63, 3.8) is 0 Å². The zero-order chi connectivity index (χ0) is 17.0. The van der Waals surface area contributed by atoms with Crippen LogP contribution >= 0.6 is 11.3 Å². The Morgan fingerprint density at radius 2 is 2.39 bits per heavy atom. The second-order valence-electron chi connectivity index (χ2n) is 5.39. The number of nitrogens with one attached hydrogen (secondary N) is 1. The predicted molar refractivity (Wildman–Crippen MR) is 87.4 cm³/mol. The highest BCUT2D eigenvalue weighted by Crippen LogP contribution is 2.33. The molecule has 2 rings (SSSR count). The number of nitriles is 1. The van der Waals surface area contributed by atoms with Gasteiger partial charge in [0.15, 0.2) is 0 Å². The molecule has 0 radical (unpaired) electrons. The number of amides is 1. The maximum atomic E-state index is 11.8. The number of carbonyl (C=O) groups is 2. The summed E-state index contributed by atoms with van der Waals surface area (Å²) in [5.74, 6) is -0.600. The monoisotopic (exact) mass is 336 g/mol. The zero-order valence-electron chi connectivity index (χ0n) is 13.2. The van der Waals surface area contributed by atoms with E-state index >= 15 is 0 Å². The molecule has 1 aromatic rings. The zero-order valence-corrected chi connectivity index (χ0v) is 14.0. The molecule has 0 bridgehead atoms. The molecular weight excluding hydrogens is 316 g/mol. The van der Waals surface area contributed by atoms with E-state index in [2.05, 4.69) is 11.4 Å². The van der Waals surface area contributed by atoms with Crippen LogP contribution in [-0.2, 0) is 9.53 Å². The number of anilines is 1. The highest BCUT2D eigenvalue weighted by atomic mass is 32.1. The fraction of sp³-hybridized carbons (Fsp3) is 0.533. The van der Waals surface area contributed by atoms with Crippen molar-refractivity contribution in [2.75, 3.05) is 24.6 Å². The molecule has 1 amide bonds. The number of nitrogens with zero attached hydrogens (tertiary/aromatic N) is 2. The summed E-state index contributed by atoms with van der Waals surface area (Å²) < 4.78 is 4.98. The molecular formula is C15H20N4O3S. The molecule has 3 N–H and O–H groups in total. The molecule has 1 fully saturated rings. The van der Waals surface area contributed by atoms with Crippen molar-refractivity contribution in [3.05, 3.63) is 16.5 Å². The number of hydrogen-bond acceptors (Lipinski definition) is 7. The maximum Gasteiger partial charge on any atom is 0.348 e. The van der Waals surface area contributed by atoms with Crippen molar-refractivity contribution in [1.29, 1.82) is 5.26 Å². The normalized spacial score (nSPS) is 18.3. The number of thiophene rings is 1. The Morgan fingerprint density at radius 3 is 3.00 bits per heavy atom. The number of esters is 1. The second-order valence-corrected chi connectivity index (χ2v) is 6.42. The molecule has 0 saturated carbocycles. The molecule has 8 heteroatoms. The summed E-state index contributed by atoms with van der Waals surface area (Å²) >= 11 is 1.25. The van der Waals surface area contributed by atoms with E-state index in [9.17, 15) is 14.9 Å². The number of ether oxygens (including phenoxy) is 1. The Bertz CT molecular complexity index is 635. The average Bonchev–Trinajstić information content (AvgIpc) is 3.13. The molecule has 0 aliphatic carbocycles. The van der Waals surface area contributed by atoms with Gasteiger partial charge in [-0.15, -0.1) is 11.3 Å². The summed E-state index contributed by atoms with van der Waals surface area (Å²) in [5.41, 5.74) is 6.01. The van der Waals surface area contributed by atoms with E-state index in [0.29, 0.717) is 30.1 Å². The van der Waals surface area contributed by atoms with E-state index in [1.54, 1.807) is 19.9 Å². The molecule has 1 aliphatic heterocycles. The maximum absolute atomic E-state index is 11.8. The molecule has 1 saturated heterocycles. The first-order chi connectivity index (χ1) is 11.0. The lowest BCUT2D eigenvalue weighted by atomic mass is 10.2. The lowest BCUT2D eigenvalue weighted by molar-refractivity contribution is -0.122. The van der Waals surface area contributed by atoms with Crippen molar-refractivity contribution >= 4 is 28.2 Å². The van der Waals surface area contributed by atoms with E-state index in [0.717, 1.165) is 11.4 Å². The van der Waals surface area contributed by atoms with Gasteiger partial charge in [0, 0.05) is 19.1 Å². The van der Waals surface area contributed by atoms with Crippen LogP contribution in [0.4, 0.5) is 5.00 Å². The number of carbonyl (C=O) groups excluding carboxylic acids is 2. The van der Waals surface area contributed by atoms with Gasteiger partial charge < -0.3 is 20.7 Å². The predicted octanol–water partition coefficient (Wildman–Crippen LogP) is 0.839. The van der Waals surface area contributed by atoms with E-state index in [1.807, 2.05) is 4.90 Å². The minimum Gasteiger partial charge on any atom is -0.462 e. The Morgan fingerprint density at radius 1 is 1.65 bits per heavy atom. The molecule has 124 valence electrons. The average molecular weight is 336 g/mol. The quantitative estimate of drug-likeness (QED) is 0.771. The molecule has 7 nitrogen and oxygen atoms in total. The van der Waals surface area contributed by atoms with Crippen molar-refractivity contribution in [1.82, 2.24) is 5.32 Å². The van der Waals surface area contributed by atoms with Crippen LogP contribution in [0.5, 0.6) is 0 Å². The van der Waals surface area contributed by atoms with Crippen molar-refractivity contribution in [2.24, 2.45) is 5.73 Å². The molecule has 0 spiro atoms. The highest BCUT2D eigenvalue weighted by molar-refractivity contribution is 7.18. The van der Waals surface area contributed by atoms with Crippen LogP contribution < -0.4 is 16.0 Å². The summed E-state index contributed by atoms with van der Waals surface area (Å²) in [4.78, 5) is 25.9. The van der Waals surface area contributed by atoms with Crippen LogP contribution in [0, 0.1) is 11.3 Å². The Kier molecular flexibility index (Phi) is 5.58. The van der Waals surface area contributed by atoms with Crippen molar-refractivity contribution < 1.29 is 14.3 Å². The second kappa shape index (κ2) is 7.44. The number of hydrogen-bond donors (Lipinski definition) is 2. The van der Waals surface area contributed by atoms with Gasteiger partial charge in [-0.3, -0.25) is 4.79 Å². The molecule has 23 heavy (non-hydrogen) atoms. The third kappa shape index (κ3) is 4.00. The molecule has 1 aliphatic rings. The number of rotatable bonds is 5. The van der Waals surface area contributed by atoms with E-state index in [4.69, 9.17) is 10.5 Å². The largest absolute Gasteiger partial charge is 0.462 e. The topological polar surface area (TPSA) is 108 Å². The summed E-state index contributed by atoms with van der Waals surface area (Å²) in [6, 6.07) is 3.13. The van der Waals surface area contributed by atoms with Gasteiger partial charge >= 0.3 is 5.97 Å². The first-order valence-corrected chi connectivity index (χ1v) is 8.29. The van der Waals surface area contributed by atoms with Gasteiger partial charge in [-0.25, -0.2) is 4.79 Å². The summed E-state index contributed by atoms with van der Waals surface area (Å²) in [6.45, 7) is 4.98. The number of nitrogens with two attached hydrogens (primary N) is 1. The van der Waals surface area contributed by atoms with E-state index < -0.39 is 12.0 Å². The molecule has 0 aromatic carbocycles. The van der Waals surface area contributed by atoms with Crippen LogP contribution in [0.3, 0.4) is 0 Å². The van der Waals surface area contributed by atoms with Gasteiger partial charge in [0.1, 0.15) is 15.9 Å². The highest BCUT2D eigenvalue weighted by Gasteiger charge is 2.28. The van der Waals surface area contributed by atoms with Crippen LogP contribution in [-0.4, -0.2) is 43.7 Å². The fourth-order valence-electron chi connectivity index (χ4n) is 2.39. The van der Waals surface area contributed by atoms with Gasteiger partial charge in [0.2, 0.25) is 5.91 Å². The third-order valence-electron chi connectivity index (χ3n) is 3.54. The molecule has 2 atom stereocenters. The Hall–Kier alpha value is -2.11. The summed E-state index contributed by atoms with van der Waals surface area (Å²) in [7, 11) is 0. The van der Waals surface area contributed by atoms with Gasteiger partial charge in [0.25, 0.3) is 0 Å². The minimum absolute atomic E-state index is 0.00631. The van der Waals surface area contributed by atoms with Crippen molar-refractivity contribution in [3.8, 4) is 6.07 Å². The first-order valence-electron chi connectivity index (χ1n) is 7.48.